The van der Waals surface area contributed by atoms with Crippen molar-refractivity contribution in [2.24, 2.45) is 5.41 Å². The standard InChI is InChI=1S/C29H33N5O5.2ClH/c1-6-34-23-8-7-20(14-24(23)31(5)27(36)29(3,4)28(34)37)16-32(17-21-15-30-18-38-21)11-12-33-10-9-25-22(26(33)35)13-19(2)39-25;;/h7-10,13-15,18H,6,11-12,16-17H2,1-5H3;2*1H. The van der Waals surface area contributed by atoms with Crippen molar-refractivity contribution >= 4 is 59.0 Å². The largest absolute Gasteiger partial charge is 0.461 e. The smallest absolute Gasteiger partial charge is 0.261 e. The minimum atomic E-state index is -1.16. The molecule has 220 valence electrons. The van der Waals surface area contributed by atoms with Gasteiger partial charge in [0, 0.05) is 39.4 Å². The highest BCUT2D eigenvalue weighted by molar-refractivity contribution is 6.19. The fourth-order valence-corrected chi connectivity index (χ4v) is 5.19. The normalized spacial score (nSPS) is 14.6. The van der Waals surface area contributed by atoms with Crippen molar-refractivity contribution in [3.05, 3.63) is 76.6 Å². The van der Waals surface area contributed by atoms with Gasteiger partial charge in [-0.3, -0.25) is 19.3 Å². The molecule has 1 aliphatic heterocycles. The summed E-state index contributed by atoms with van der Waals surface area (Å²) in [7, 11) is 1.71. The monoisotopic (exact) mass is 603 g/mol. The lowest BCUT2D eigenvalue weighted by Gasteiger charge is -2.27. The van der Waals surface area contributed by atoms with Crippen molar-refractivity contribution in [2.45, 2.75) is 47.3 Å². The number of benzene rings is 1. The van der Waals surface area contributed by atoms with E-state index in [0.29, 0.717) is 66.6 Å². The molecule has 0 saturated heterocycles. The molecular formula is C29H35Cl2N5O5. The van der Waals surface area contributed by atoms with Crippen LogP contribution >= 0.6 is 24.8 Å². The molecule has 0 fully saturated rings. The van der Waals surface area contributed by atoms with Crippen LogP contribution in [-0.2, 0) is 29.2 Å². The Morgan fingerprint density at radius 3 is 2.44 bits per heavy atom. The fourth-order valence-electron chi connectivity index (χ4n) is 5.19. The third-order valence-electron chi connectivity index (χ3n) is 7.33. The number of anilines is 2. The van der Waals surface area contributed by atoms with Crippen LogP contribution in [0.2, 0.25) is 0 Å². The van der Waals surface area contributed by atoms with Crippen LogP contribution in [0.25, 0.3) is 11.0 Å². The number of furan rings is 1. The van der Waals surface area contributed by atoms with Gasteiger partial charge < -0.3 is 23.2 Å². The zero-order valence-corrected chi connectivity index (χ0v) is 25.4. The first-order valence-corrected chi connectivity index (χ1v) is 13.0. The second kappa shape index (κ2) is 12.5. The summed E-state index contributed by atoms with van der Waals surface area (Å²) in [4.78, 5) is 48.9. The SMILES string of the molecule is CCN1C(=O)C(C)(C)C(=O)N(C)c2cc(CN(CCn3ccc4oc(C)cc4c3=O)Cc3cnco3)ccc21.Cl.Cl. The van der Waals surface area contributed by atoms with E-state index in [1.165, 1.54) is 6.39 Å². The van der Waals surface area contributed by atoms with E-state index in [9.17, 15) is 14.4 Å². The first kappa shape index (κ1) is 31.9. The highest BCUT2D eigenvalue weighted by Crippen LogP contribution is 2.39. The molecule has 0 unspecified atom stereocenters. The number of halogens is 2. The summed E-state index contributed by atoms with van der Waals surface area (Å²) >= 11 is 0. The summed E-state index contributed by atoms with van der Waals surface area (Å²) in [5, 5.41) is 0.563. The van der Waals surface area contributed by atoms with E-state index in [0.717, 1.165) is 5.56 Å². The molecule has 2 amide bonds. The molecule has 0 radical (unpaired) electrons. The number of carbonyl (C=O) groups excluding carboxylic acids is 2. The third-order valence-corrected chi connectivity index (χ3v) is 7.33. The van der Waals surface area contributed by atoms with Crippen LogP contribution in [0.3, 0.4) is 0 Å². The summed E-state index contributed by atoms with van der Waals surface area (Å²) in [6.07, 6.45) is 4.82. The van der Waals surface area contributed by atoms with Crippen molar-refractivity contribution in [3.63, 3.8) is 0 Å². The van der Waals surface area contributed by atoms with Gasteiger partial charge in [0.25, 0.3) is 5.56 Å². The maximum Gasteiger partial charge on any atom is 0.261 e. The Morgan fingerprint density at radius 2 is 1.76 bits per heavy atom. The lowest BCUT2D eigenvalue weighted by molar-refractivity contribution is -0.137. The lowest BCUT2D eigenvalue weighted by atomic mass is 9.90. The first-order valence-electron chi connectivity index (χ1n) is 13.0. The molecule has 12 heteroatoms. The molecule has 0 bridgehead atoms. The average Bonchev–Trinajstić information content (AvgIpc) is 3.56. The zero-order valence-electron chi connectivity index (χ0n) is 23.7. The van der Waals surface area contributed by atoms with E-state index >= 15 is 0 Å². The Morgan fingerprint density at radius 1 is 1.00 bits per heavy atom. The Balaban J connectivity index is 0.00000231. The quantitative estimate of drug-likeness (QED) is 0.266. The number of nitrogens with zero attached hydrogens (tertiary/aromatic N) is 5. The molecule has 1 aliphatic rings. The molecule has 0 atom stereocenters. The van der Waals surface area contributed by atoms with Gasteiger partial charge >= 0.3 is 0 Å². The second-order valence-corrected chi connectivity index (χ2v) is 10.5. The predicted molar refractivity (Wildman–Crippen MR) is 162 cm³/mol. The van der Waals surface area contributed by atoms with Crippen LogP contribution in [0.4, 0.5) is 11.4 Å². The van der Waals surface area contributed by atoms with Crippen molar-refractivity contribution < 1.29 is 18.4 Å². The van der Waals surface area contributed by atoms with Gasteiger partial charge in [0.05, 0.1) is 29.5 Å². The number of hydrogen-bond donors (Lipinski definition) is 0. The van der Waals surface area contributed by atoms with Gasteiger partial charge in [-0.25, -0.2) is 4.98 Å². The third kappa shape index (κ3) is 6.05. The number of aromatic nitrogens is 2. The molecule has 1 aromatic carbocycles. The van der Waals surface area contributed by atoms with Crippen LogP contribution in [0.15, 0.2) is 62.7 Å². The molecule has 0 saturated carbocycles. The van der Waals surface area contributed by atoms with Crippen molar-refractivity contribution in [1.29, 1.82) is 0 Å². The maximum absolute atomic E-state index is 13.2. The molecule has 4 aromatic rings. The van der Waals surface area contributed by atoms with E-state index in [4.69, 9.17) is 8.83 Å². The Bertz CT molecular complexity index is 1590. The Kier molecular flexibility index (Phi) is 9.73. The van der Waals surface area contributed by atoms with E-state index in [1.54, 1.807) is 53.7 Å². The summed E-state index contributed by atoms with van der Waals surface area (Å²) < 4.78 is 12.8. The molecule has 3 aromatic heterocycles. The Labute approximate surface area is 250 Å². The van der Waals surface area contributed by atoms with E-state index in [-0.39, 0.29) is 42.2 Å². The first-order chi connectivity index (χ1) is 18.6. The molecule has 0 spiro atoms. The number of aryl methyl sites for hydroxylation is 1. The van der Waals surface area contributed by atoms with Gasteiger partial charge in [0.15, 0.2) is 6.39 Å². The fraction of sp³-hybridized carbons (Fsp3) is 0.379. The van der Waals surface area contributed by atoms with Crippen molar-refractivity contribution in [1.82, 2.24) is 14.5 Å². The van der Waals surface area contributed by atoms with Crippen molar-refractivity contribution in [2.75, 3.05) is 29.9 Å². The maximum atomic E-state index is 13.2. The highest BCUT2D eigenvalue weighted by atomic mass is 35.5. The van der Waals surface area contributed by atoms with Crippen molar-refractivity contribution in [3.8, 4) is 0 Å². The van der Waals surface area contributed by atoms with E-state index in [2.05, 4.69) is 9.88 Å². The molecule has 0 aliphatic carbocycles. The summed E-state index contributed by atoms with van der Waals surface area (Å²) in [6, 6.07) is 9.42. The van der Waals surface area contributed by atoms with E-state index < -0.39 is 5.41 Å². The second-order valence-electron chi connectivity index (χ2n) is 10.5. The number of fused-ring (bicyclic) bond motifs is 2. The van der Waals surface area contributed by atoms with Crippen LogP contribution in [0.5, 0.6) is 0 Å². The number of carbonyl (C=O) groups is 2. The number of amides is 2. The lowest BCUT2D eigenvalue weighted by Crippen LogP contribution is -2.47. The minimum absolute atomic E-state index is 0. The summed E-state index contributed by atoms with van der Waals surface area (Å²) in [6.45, 7) is 9.57. The van der Waals surface area contributed by atoms with E-state index in [1.807, 2.05) is 38.1 Å². The molecular weight excluding hydrogens is 569 g/mol. The molecule has 0 N–H and O–H groups in total. The number of oxazole rings is 1. The molecule has 10 nitrogen and oxygen atoms in total. The van der Waals surface area contributed by atoms with Gasteiger partial charge in [-0.15, -0.1) is 24.8 Å². The minimum Gasteiger partial charge on any atom is -0.461 e. The van der Waals surface area contributed by atoms with Crippen LogP contribution in [-0.4, -0.2) is 46.4 Å². The zero-order chi connectivity index (χ0) is 27.9. The molecule has 4 heterocycles. The topological polar surface area (TPSA) is 105 Å². The predicted octanol–water partition coefficient (Wildman–Crippen LogP) is 4.79. The van der Waals surface area contributed by atoms with Crippen LogP contribution in [0.1, 0.15) is 37.9 Å². The Hall–Kier alpha value is -3.60. The number of hydrogen-bond acceptors (Lipinski definition) is 7. The van der Waals surface area contributed by atoms with Gasteiger partial charge in [0.2, 0.25) is 11.8 Å². The number of rotatable bonds is 8. The molecule has 41 heavy (non-hydrogen) atoms. The van der Waals surface area contributed by atoms with Gasteiger partial charge in [-0.05, 0) is 57.5 Å². The van der Waals surface area contributed by atoms with Gasteiger partial charge in [0.1, 0.15) is 22.5 Å². The summed E-state index contributed by atoms with van der Waals surface area (Å²) in [5.74, 6) is 0.945. The van der Waals surface area contributed by atoms with Crippen LogP contribution < -0.4 is 15.4 Å². The van der Waals surface area contributed by atoms with Crippen LogP contribution in [0, 0.1) is 12.3 Å². The average molecular weight is 605 g/mol. The number of pyridine rings is 1. The highest BCUT2D eigenvalue weighted by Gasteiger charge is 2.45. The summed E-state index contributed by atoms with van der Waals surface area (Å²) in [5.41, 5.74) is 1.69. The van der Waals surface area contributed by atoms with Gasteiger partial charge in [-0.1, -0.05) is 6.07 Å². The van der Waals surface area contributed by atoms with Gasteiger partial charge in [-0.2, -0.15) is 0 Å². The molecule has 5 rings (SSSR count).